The monoisotopic (exact) mass is 238 g/mol. The topological polar surface area (TPSA) is 41.1 Å². The zero-order valence-corrected chi connectivity index (χ0v) is 9.97. The van der Waals surface area contributed by atoms with E-state index in [1.54, 1.807) is 19.2 Å². The molecule has 0 aliphatic heterocycles. The molecule has 1 aromatic rings. The van der Waals surface area contributed by atoms with Crippen LogP contribution in [0.1, 0.15) is 29.6 Å². The molecule has 1 amide bonds. The lowest BCUT2D eigenvalue weighted by atomic mass is 9.93. The predicted octanol–water partition coefficient (Wildman–Crippen LogP) is 2.66. The number of amides is 1. The van der Waals surface area contributed by atoms with E-state index in [-0.39, 0.29) is 5.91 Å². The smallest absolute Gasteiger partial charge is 0.252 e. The highest BCUT2D eigenvalue weighted by Crippen LogP contribution is 2.26. The van der Waals surface area contributed by atoms with Crippen LogP contribution in [-0.2, 0) is 0 Å². The van der Waals surface area contributed by atoms with Gasteiger partial charge in [0.25, 0.3) is 5.91 Å². The van der Waals surface area contributed by atoms with Crippen LogP contribution in [0.15, 0.2) is 18.2 Å². The van der Waals surface area contributed by atoms with Gasteiger partial charge in [0.05, 0.1) is 10.6 Å². The minimum absolute atomic E-state index is 0.151. The van der Waals surface area contributed by atoms with Crippen LogP contribution in [-0.4, -0.2) is 19.0 Å². The summed E-state index contributed by atoms with van der Waals surface area (Å²) in [5.41, 5.74) is 1.49. The normalized spacial score (nSPS) is 15.4. The molecule has 0 spiro atoms. The van der Waals surface area contributed by atoms with Crippen LogP contribution in [0, 0.1) is 0 Å². The van der Waals surface area contributed by atoms with E-state index in [9.17, 15) is 4.79 Å². The minimum atomic E-state index is -0.151. The zero-order chi connectivity index (χ0) is 11.5. The van der Waals surface area contributed by atoms with Crippen molar-refractivity contribution in [2.45, 2.75) is 25.3 Å². The fourth-order valence-corrected chi connectivity index (χ4v) is 1.92. The number of rotatable bonds is 3. The summed E-state index contributed by atoms with van der Waals surface area (Å²) in [6.07, 6.45) is 3.70. The second-order valence-corrected chi connectivity index (χ2v) is 4.45. The standard InChI is InChI=1S/C12H15ClN2O/c1-14-12(16)10-7-9(5-6-11(10)13)15-8-3-2-4-8/h5-8,15H,2-4H2,1H3,(H,14,16). The maximum Gasteiger partial charge on any atom is 0.252 e. The molecule has 3 nitrogen and oxygen atoms in total. The molecule has 1 aromatic carbocycles. The van der Waals surface area contributed by atoms with Crippen molar-refractivity contribution in [3.8, 4) is 0 Å². The number of carbonyl (C=O) groups excluding carboxylic acids is 1. The first-order valence-electron chi connectivity index (χ1n) is 5.49. The van der Waals surface area contributed by atoms with Crippen LogP contribution in [0.2, 0.25) is 5.02 Å². The Bertz CT molecular complexity index is 402. The SMILES string of the molecule is CNC(=O)c1cc(NC2CCC2)ccc1Cl. The van der Waals surface area contributed by atoms with Crippen molar-refractivity contribution in [3.63, 3.8) is 0 Å². The molecule has 4 heteroatoms. The largest absolute Gasteiger partial charge is 0.382 e. The van der Waals surface area contributed by atoms with Crippen molar-refractivity contribution in [1.29, 1.82) is 0 Å². The molecular weight excluding hydrogens is 224 g/mol. The Balaban J connectivity index is 2.17. The fraction of sp³-hybridized carbons (Fsp3) is 0.417. The highest BCUT2D eigenvalue weighted by atomic mass is 35.5. The Morgan fingerprint density at radius 3 is 2.75 bits per heavy atom. The van der Waals surface area contributed by atoms with Crippen LogP contribution < -0.4 is 10.6 Å². The summed E-state index contributed by atoms with van der Waals surface area (Å²) in [5.74, 6) is -0.151. The van der Waals surface area contributed by atoms with Gasteiger partial charge in [-0.2, -0.15) is 0 Å². The van der Waals surface area contributed by atoms with Gasteiger partial charge in [-0.25, -0.2) is 0 Å². The van der Waals surface area contributed by atoms with Gasteiger partial charge in [-0.05, 0) is 37.5 Å². The Morgan fingerprint density at radius 2 is 2.19 bits per heavy atom. The third-order valence-corrected chi connectivity index (χ3v) is 3.24. The van der Waals surface area contributed by atoms with Gasteiger partial charge in [-0.15, -0.1) is 0 Å². The van der Waals surface area contributed by atoms with E-state index >= 15 is 0 Å². The van der Waals surface area contributed by atoms with Crippen LogP contribution in [0.5, 0.6) is 0 Å². The molecule has 0 atom stereocenters. The molecule has 0 unspecified atom stereocenters. The average Bonchev–Trinajstić information content (AvgIpc) is 2.24. The van der Waals surface area contributed by atoms with Crippen LogP contribution in [0.25, 0.3) is 0 Å². The van der Waals surface area contributed by atoms with Crippen molar-refractivity contribution in [2.24, 2.45) is 0 Å². The van der Waals surface area contributed by atoms with Gasteiger partial charge in [-0.1, -0.05) is 11.6 Å². The van der Waals surface area contributed by atoms with Crippen molar-refractivity contribution >= 4 is 23.2 Å². The lowest BCUT2D eigenvalue weighted by Crippen LogP contribution is -2.27. The number of benzene rings is 1. The first-order valence-corrected chi connectivity index (χ1v) is 5.86. The van der Waals surface area contributed by atoms with Crippen LogP contribution >= 0.6 is 11.6 Å². The van der Waals surface area contributed by atoms with E-state index in [0.717, 1.165) is 5.69 Å². The van der Waals surface area contributed by atoms with E-state index in [0.29, 0.717) is 16.6 Å². The van der Waals surface area contributed by atoms with Crippen LogP contribution in [0.4, 0.5) is 5.69 Å². The van der Waals surface area contributed by atoms with Gasteiger partial charge in [0.15, 0.2) is 0 Å². The molecular formula is C12H15ClN2O. The predicted molar refractivity (Wildman–Crippen MR) is 66.1 cm³/mol. The molecule has 0 aromatic heterocycles. The molecule has 2 N–H and O–H groups in total. The summed E-state index contributed by atoms with van der Waals surface area (Å²) in [6, 6.07) is 6.03. The number of anilines is 1. The van der Waals surface area contributed by atoms with Crippen molar-refractivity contribution in [2.75, 3.05) is 12.4 Å². The lowest BCUT2D eigenvalue weighted by molar-refractivity contribution is 0.0963. The number of hydrogen-bond donors (Lipinski definition) is 2. The number of nitrogens with one attached hydrogen (secondary N) is 2. The van der Waals surface area contributed by atoms with Gasteiger partial charge in [-0.3, -0.25) is 4.79 Å². The minimum Gasteiger partial charge on any atom is -0.382 e. The summed E-state index contributed by atoms with van der Waals surface area (Å²) in [5, 5.41) is 6.45. The molecule has 0 radical (unpaired) electrons. The third-order valence-electron chi connectivity index (χ3n) is 2.91. The molecule has 1 saturated carbocycles. The quantitative estimate of drug-likeness (QED) is 0.850. The van der Waals surface area contributed by atoms with Crippen molar-refractivity contribution < 1.29 is 4.79 Å². The van der Waals surface area contributed by atoms with E-state index in [2.05, 4.69) is 10.6 Å². The second kappa shape index (κ2) is 4.74. The first-order chi connectivity index (χ1) is 7.70. The highest BCUT2D eigenvalue weighted by Gasteiger charge is 2.17. The Labute approximate surface area is 100 Å². The summed E-state index contributed by atoms with van der Waals surface area (Å²) in [4.78, 5) is 11.5. The molecule has 1 fully saturated rings. The van der Waals surface area contributed by atoms with E-state index in [1.807, 2.05) is 6.07 Å². The van der Waals surface area contributed by atoms with Crippen molar-refractivity contribution in [3.05, 3.63) is 28.8 Å². The molecule has 0 heterocycles. The van der Waals surface area contributed by atoms with Crippen LogP contribution in [0.3, 0.4) is 0 Å². The number of halogens is 1. The zero-order valence-electron chi connectivity index (χ0n) is 9.22. The van der Waals surface area contributed by atoms with Crippen molar-refractivity contribution in [1.82, 2.24) is 5.32 Å². The molecule has 2 rings (SSSR count). The first kappa shape index (κ1) is 11.3. The highest BCUT2D eigenvalue weighted by molar-refractivity contribution is 6.34. The van der Waals surface area contributed by atoms with E-state index < -0.39 is 0 Å². The maximum atomic E-state index is 11.5. The van der Waals surface area contributed by atoms with Gasteiger partial charge < -0.3 is 10.6 Å². The third kappa shape index (κ3) is 2.30. The molecule has 0 saturated heterocycles. The molecule has 16 heavy (non-hydrogen) atoms. The molecule has 86 valence electrons. The van der Waals surface area contributed by atoms with Gasteiger partial charge >= 0.3 is 0 Å². The molecule has 1 aliphatic rings. The molecule has 1 aliphatic carbocycles. The van der Waals surface area contributed by atoms with Gasteiger partial charge in [0.2, 0.25) is 0 Å². The Kier molecular flexibility index (Phi) is 3.34. The Hall–Kier alpha value is -1.22. The fourth-order valence-electron chi connectivity index (χ4n) is 1.71. The Morgan fingerprint density at radius 1 is 1.44 bits per heavy atom. The lowest BCUT2D eigenvalue weighted by Gasteiger charge is -2.27. The molecule has 0 bridgehead atoms. The van der Waals surface area contributed by atoms with E-state index in [1.165, 1.54) is 19.3 Å². The maximum absolute atomic E-state index is 11.5. The van der Waals surface area contributed by atoms with E-state index in [4.69, 9.17) is 11.6 Å². The average molecular weight is 239 g/mol. The number of hydrogen-bond acceptors (Lipinski definition) is 2. The van der Waals surface area contributed by atoms with Gasteiger partial charge in [0, 0.05) is 18.8 Å². The summed E-state index contributed by atoms with van der Waals surface area (Å²) >= 11 is 5.97. The van der Waals surface area contributed by atoms with Gasteiger partial charge in [0.1, 0.15) is 0 Å². The summed E-state index contributed by atoms with van der Waals surface area (Å²) in [6.45, 7) is 0. The summed E-state index contributed by atoms with van der Waals surface area (Å²) < 4.78 is 0. The summed E-state index contributed by atoms with van der Waals surface area (Å²) in [7, 11) is 1.60. The number of carbonyl (C=O) groups is 1. The second-order valence-electron chi connectivity index (χ2n) is 4.05.